The molecule has 0 spiro atoms. The van der Waals surface area contributed by atoms with E-state index in [-0.39, 0.29) is 12.2 Å². The monoisotopic (exact) mass is 300 g/mol. The Balaban J connectivity index is 1.68. The first-order valence-electron chi connectivity index (χ1n) is 8.06. The van der Waals surface area contributed by atoms with Crippen LogP contribution in [0.1, 0.15) is 45.4 Å². The van der Waals surface area contributed by atoms with Gasteiger partial charge in [0.15, 0.2) is 6.29 Å². The van der Waals surface area contributed by atoms with Gasteiger partial charge in [-0.05, 0) is 57.4 Å². The van der Waals surface area contributed by atoms with Crippen molar-refractivity contribution in [2.75, 3.05) is 13.2 Å². The van der Waals surface area contributed by atoms with Crippen LogP contribution in [0.15, 0.2) is 24.3 Å². The molecule has 0 radical (unpaired) electrons. The largest absolute Gasteiger partial charge is 0.352 e. The van der Waals surface area contributed by atoms with Crippen molar-refractivity contribution in [1.29, 1.82) is 0 Å². The molecule has 2 aliphatic rings. The predicted molar refractivity (Wildman–Crippen MR) is 79.0 cm³/mol. The zero-order valence-electron chi connectivity index (χ0n) is 12.8. The van der Waals surface area contributed by atoms with Crippen molar-refractivity contribution in [1.82, 2.24) is 0 Å². The fraction of sp³-hybridized carbons (Fsp3) is 0.765. The molecule has 0 aromatic rings. The highest BCUT2D eigenvalue weighted by atomic mass is 19.3. The fourth-order valence-electron chi connectivity index (χ4n) is 3.26. The second-order valence-corrected chi connectivity index (χ2v) is 6.18. The summed E-state index contributed by atoms with van der Waals surface area (Å²) in [5.74, 6) is 0.884. The summed E-state index contributed by atoms with van der Waals surface area (Å²) in [6, 6.07) is 0. The molecule has 4 heteroatoms. The van der Waals surface area contributed by atoms with Crippen molar-refractivity contribution in [2.45, 2.75) is 51.7 Å². The molecule has 0 aromatic carbocycles. The van der Waals surface area contributed by atoms with Crippen molar-refractivity contribution in [3.8, 4) is 0 Å². The van der Waals surface area contributed by atoms with Crippen molar-refractivity contribution in [2.24, 2.45) is 17.8 Å². The molecule has 0 amide bonds. The second kappa shape index (κ2) is 8.64. The summed E-state index contributed by atoms with van der Waals surface area (Å²) in [7, 11) is 0. The van der Waals surface area contributed by atoms with E-state index in [1.807, 2.05) is 6.92 Å². The highest BCUT2D eigenvalue weighted by molar-refractivity contribution is 4.91. The normalized spacial score (nSPS) is 34.0. The van der Waals surface area contributed by atoms with E-state index in [1.165, 1.54) is 0 Å². The van der Waals surface area contributed by atoms with Crippen LogP contribution < -0.4 is 0 Å². The van der Waals surface area contributed by atoms with Gasteiger partial charge in [-0.2, -0.15) is 8.78 Å². The molecule has 0 aromatic heterocycles. The predicted octanol–water partition coefficient (Wildman–Crippen LogP) is 4.92. The number of hydrogen-bond donors (Lipinski definition) is 0. The maximum Gasteiger partial charge on any atom is 0.266 e. The molecule has 21 heavy (non-hydrogen) atoms. The molecule has 1 aliphatic heterocycles. The van der Waals surface area contributed by atoms with Crippen LogP contribution in [-0.2, 0) is 9.47 Å². The number of ether oxygens (including phenoxy) is 2. The smallest absolute Gasteiger partial charge is 0.266 e. The van der Waals surface area contributed by atoms with Gasteiger partial charge in [0.25, 0.3) is 6.08 Å². The fourth-order valence-corrected chi connectivity index (χ4v) is 3.26. The number of halogens is 2. The molecule has 1 heterocycles. The van der Waals surface area contributed by atoms with Crippen LogP contribution in [0.2, 0.25) is 0 Å². The van der Waals surface area contributed by atoms with Crippen LogP contribution in [-0.4, -0.2) is 19.5 Å². The maximum absolute atomic E-state index is 12.2. The Morgan fingerprint density at radius 3 is 2.33 bits per heavy atom. The zero-order chi connectivity index (χ0) is 15.1. The average molecular weight is 300 g/mol. The van der Waals surface area contributed by atoms with Gasteiger partial charge in [0.1, 0.15) is 0 Å². The average Bonchev–Trinajstić information content (AvgIpc) is 2.49. The Morgan fingerprint density at radius 1 is 1.10 bits per heavy atom. The molecular weight excluding hydrogens is 274 g/mol. The van der Waals surface area contributed by atoms with Gasteiger partial charge in [-0.15, -0.1) is 0 Å². The molecule has 1 saturated carbocycles. The van der Waals surface area contributed by atoms with E-state index in [9.17, 15) is 8.78 Å². The molecule has 1 saturated heterocycles. The van der Waals surface area contributed by atoms with E-state index in [2.05, 4.69) is 12.2 Å². The van der Waals surface area contributed by atoms with Gasteiger partial charge >= 0.3 is 0 Å². The summed E-state index contributed by atoms with van der Waals surface area (Å²) in [5, 5.41) is 0. The minimum Gasteiger partial charge on any atom is -0.352 e. The van der Waals surface area contributed by atoms with E-state index >= 15 is 0 Å². The third-order valence-corrected chi connectivity index (χ3v) is 4.53. The summed E-state index contributed by atoms with van der Waals surface area (Å²) >= 11 is 0. The van der Waals surface area contributed by atoms with Crippen LogP contribution in [0, 0.1) is 17.8 Å². The summed E-state index contributed by atoms with van der Waals surface area (Å²) in [5.41, 5.74) is 0. The van der Waals surface area contributed by atoms with Gasteiger partial charge in [-0.25, -0.2) is 0 Å². The van der Waals surface area contributed by atoms with Crippen LogP contribution >= 0.6 is 0 Å². The molecule has 120 valence electrons. The number of rotatable bonds is 5. The van der Waals surface area contributed by atoms with Gasteiger partial charge in [-0.1, -0.05) is 12.2 Å². The Labute approximate surface area is 126 Å². The van der Waals surface area contributed by atoms with Crippen LogP contribution in [0.25, 0.3) is 0 Å². The Hall–Kier alpha value is -0.740. The third kappa shape index (κ3) is 5.51. The van der Waals surface area contributed by atoms with Crippen LogP contribution in [0.5, 0.6) is 0 Å². The summed E-state index contributed by atoms with van der Waals surface area (Å²) in [6.07, 6.45) is 9.32. The molecule has 0 unspecified atom stereocenters. The van der Waals surface area contributed by atoms with Crippen molar-refractivity contribution >= 4 is 0 Å². The van der Waals surface area contributed by atoms with Gasteiger partial charge < -0.3 is 9.47 Å². The standard InChI is InChI=1S/C17H26F2O2/c1-2-3-4-5-14-11-20-17(21-12-14)15-8-6-13(7-9-15)10-16(18)19/h2-3,10,13-15,17H,4-9,11-12H2,1H3/b3-2+. The second-order valence-electron chi connectivity index (χ2n) is 6.18. The summed E-state index contributed by atoms with van der Waals surface area (Å²) in [4.78, 5) is 0. The SMILES string of the molecule is C/C=C/CCC1COC(C2CCC(C=C(F)F)CC2)OC1. The maximum atomic E-state index is 12.2. The quantitative estimate of drug-likeness (QED) is 0.671. The summed E-state index contributed by atoms with van der Waals surface area (Å²) < 4.78 is 36.2. The number of hydrogen-bond acceptors (Lipinski definition) is 2. The molecule has 0 atom stereocenters. The van der Waals surface area contributed by atoms with Crippen LogP contribution in [0.3, 0.4) is 0 Å². The molecule has 2 nitrogen and oxygen atoms in total. The first kappa shape index (κ1) is 16.6. The van der Waals surface area contributed by atoms with E-state index in [0.29, 0.717) is 11.8 Å². The van der Waals surface area contributed by atoms with Gasteiger partial charge in [0.05, 0.1) is 13.2 Å². The lowest BCUT2D eigenvalue weighted by atomic mass is 9.81. The molecule has 0 bridgehead atoms. The molecule has 2 fully saturated rings. The first-order chi connectivity index (χ1) is 10.2. The van der Waals surface area contributed by atoms with Crippen molar-refractivity contribution < 1.29 is 18.3 Å². The van der Waals surface area contributed by atoms with E-state index in [1.54, 1.807) is 0 Å². The lowest BCUT2D eigenvalue weighted by molar-refractivity contribution is -0.229. The van der Waals surface area contributed by atoms with Gasteiger partial charge in [-0.3, -0.25) is 0 Å². The van der Waals surface area contributed by atoms with E-state index in [0.717, 1.165) is 57.8 Å². The Bertz CT molecular complexity index is 348. The van der Waals surface area contributed by atoms with Crippen molar-refractivity contribution in [3.05, 3.63) is 24.3 Å². The minimum atomic E-state index is -1.55. The third-order valence-electron chi connectivity index (χ3n) is 4.53. The molecule has 2 rings (SSSR count). The lowest BCUT2D eigenvalue weighted by Crippen LogP contribution is -2.38. The Kier molecular flexibility index (Phi) is 6.84. The zero-order valence-corrected chi connectivity index (χ0v) is 12.8. The highest BCUT2D eigenvalue weighted by Crippen LogP contribution is 2.35. The molecule has 1 aliphatic carbocycles. The van der Waals surface area contributed by atoms with E-state index in [4.69, 9.17) is 9.47 Å². The van der Waals surface area contributed by atoms with E-state index < -0.39 is 6.08 Å². The minimum absolute atomic E-state index is 0.0309. The van der Waals surface area contributed by atoms with Gasteiger partial charge in [0, 0.05) is 11.8 Å². The molecular formula is C17H26F2O2. The summed E-state index contributed by atoms with van der Waals surface area (Å²) in [6.45, 7) is 3.56. The van der Waals surface area contributed by atoms with Crippen molar-refractivity contribution in [3.63, 3.8) is 0 Å². The lowest BCUT2D eigenvalue weighted by Gasteiger charge is -2.37. The topological polar surface area (TPSA) is 18.5 Å². The number of allylic oxidation sites excluding steroid dienone is 3. The first-order valence-corrected chi connectivity index (χ1v) is 8.06. The van der Waals surface area contributed by atoms with Crippen LogP contribution in [0.4, 0.5) is 8.78 Å². The Morgan fingerprint density at radius 2 is 1.76 bits per heavy atom. The molecule has 0 N–H and O–H groups in total. The highest BCUT2D eigenvalue weighted by Gasteiger charge is 2.32. The van der Waals surface area contributed by atoms with Gasteiger partial charge in [0.2, 0.25) is 0 Å².